The first-order valence-electron chi connectivity index (χ1n) is 6.57. The van der Waals surface area contributed by atoms with E-state index in [-0.39, 0.29) is 17.4 Å². The Morgan fingerprint density at radius 2 is 1.88 bits per heavy atom. The largest absolute Gasteiger partial charge is 0.353 e. The molecule has 1 aliphatic heterocycles. The molecule has 0 bridgehead atoms. The SMILES string of the molecule is CCN1CCC(CC)(C(=O)NC(C)C)CC1. The van der Waals surface area contributed by atoms with Crippen LogP contribution in [0.3, 0.4) is 0 Å². The molecule has 0 aromatic heterocycles. The first-order valence-corrected chi connectivity index (χ1v) is 6.57. The molecule has 1 fully saturated rings. The van der Waals surface area contributed by atoms with Crippen LogP contribution in [0.25, 0.3) is 0 Å². The lowest BCUT2D eigenvalue weighted by atomic mass is 9.75. The fourth-order valence-corrected chi connectivity index (χ4v) is 2.45. The molecule has 1 heterocycles. The lowest BCUT2D eigenvalue weighted by molar-refractivity contribution is -0.134. The van der Waals surface area contributed by atoms with Gasteiger partial charge in [0.2, 0.25) is 5.91 Å². The number of nitrogens with zero attached hydrogens (tertiary/aromatic N) is 1. The van der Waals surface area contributed by atoms with Crippen LogP contribution in [0, 0.1) is 5.41 Å². The van der Waals surface area contributed by atoms with Gasteiger partial charge in [-0.1, -0.05) is 13.8 Å². The summed E-state index contributed by atoms with van der Waals surface area (Å²) in [5.74, 6) is 0.265. The second kappa shape index (κ2) is 5.67. The molecule has 1 N–H and O–H groups in total. The fourth-order valence-electron chi connectivity index (χ4n) is 2.45. The van der Waals surface area contributed by atoms with Gasteiger partial charge in [-0.15, -0.1) is 0 Å². The van der Waals surface area contributed by atoms with Crippen molar-refractivity contribution in [3.63, 3.8) is 0 Å². The average Bonchev–Trinajstić information content (AvgIpc) is 2.28. The number of hydrogen-bond acceptors (Lipinski definition) is 2. The van der Waals surface area contributed by atoms with Crippen molar-refractivity contribution in [1.29, 1.82) is 0 Å². The molecule has 0 aliphatic carbocycles. The van der Waals surface area contributed by atoms with E-state index < -0.39 is 0 Å². The van der Waals surface area contributed by atoms with E-state index in [1.54, 1.807) is 0 Å². The Balaban J connectivity index is 2.61. The Bertz CT molecular complexity index is 230. The monoisotopic (exact) mass is 226 g/mol. The van der Waals surface area contributed by atoms with Crippen molar-refractivity contribution in [3.05, 3.63) is 0 Å². The summed E-state index contributed by atoms with van der Waals surface area (Å²) < 4.78 is 0. The van der Waals surface area contributed by atoms with E-state index in [2.05, 4.69) is 24.1 Å². The first-order chi connectivity index (χ1) is 7.54. The molecule has 0 aromatic carbocycles. The zero-order valence-electron chi connectivity index (χ0n) is 11.2. The van der Waals surface area contributed by atoms with Crippen molar-refractivity contribution in [3.8, 4) is 0 Å². The minimum Gasteiger partial charge on any atom is -0.353 e. The van der Waals surface area contributed by atoms with Gasteiger partial charge in [0, 0.05) is 6.04 Å². The van der Waals surface area contributed by atoms with Gasteiger partial charge < -0.3 is 10.2 Å². The third-order valence-corrected chi connectivity index (χ3v) is 3.84. The highest BCUT2D eigenvalue weighted by Gasteiger charge is 2.39. The Kier molecular flexibility index (Phi) is 4.78. The maximum atomic E-state index is 12.2. The zero-order valence-corrected chi connectivity index (χ0v) is 11.2. The van der Waals surface area contributed by atoms with E-state index in [9.17, 15) is 4.79 Å². The molecule has 1 amide bonds. The predicted octanol–water partition coefficient (Wildman–Crippen LogP) is 2.02. The molecule has 3 heteroatoms. The highest BCUT2D eigenvalue weighted by Crippen LogP contribution is 2.35. The van der Waals surface area contributed by atoms with Gasteiger partial charge in [-0.2, -0.15) is 0 Å². The van der Waals surface area contributed by atoms with Crippen LogP contribution >= 0.6 is 0 Å². The molecule has 1 aliphatic rings. The van der Waals surface area contributed by atoms with E-state index in [1.165, 1.54) is 0 Å². The van der Waals surface area contributed by atoms with Gasteiger partial charge in [0.1, 0.15) is 0 Å². The van der Waals surface area contributed by atoms with Gasteiger partial charge in [-0.25, -0.2) is 0 Å². The molecule has 0 saturated carbocycles. The molecule has 16 heavy (non-hydrogen) atoms. The normalized spacial score (nSPS) is 21.1. The van der Waals surface area contributed by atoms with Crippen LogP contribution in [-0.4, -0.2) is 36.5 Å². The van der Waals surface area contributed by atoms with Crippen LogP contribution in [0.5, 0.6) is 0 Å². The van der Waals surface area contributed by atoms with E-state index in [1.807, 2.05) is 13.8 Å². The summed E-state index contributed by atoms with van der Waals surface area (Å²) in [6.07, 6.45) is 2.98. The average molecular weight is 226 g/mol. The summed E-state index contributed by atoms with van der Waals surface area (Å²) >= 11 is 0. The van der Waals surface area contributed by atoms with Crippen molar-refractivity contribution in [2.75, 3.05) is 19.6 Å². The summed E-state index contributed by atoms with van der Waals surface area (Å²) in [5, 5.41) is 3.08. The molecule has 1 saturated heterocycles. The second-order valence-electron chi connectivity index (χ2n) is 5.20. The third kappa shape index (κ3) is 2.97. The first kappa shape index (κ1) is 13.5. The Hall–Kier alpha value is -0.570. The summed E-state index contributed by atoms with van der Waals surface area (Å²) in [5.41, 5.74) is -0.101. The maximum absolute atomic E-state index is 12.2. The van der Waals surface area contributed by atoms with Crippen molar-refractivity contribution in [1.82, 2.24) is 10.2 Å². The van der Waals surface area contributed by atoms with Crippen LogP contribution in [0.15, 0.2) is 0 Å². The quantitative estimate of drug-likeness (QED) is 0.795. The Morgan fingerprint density at radius 3 is 2.25 bits per heavy atom. The highest BCUT2D eigenvalue weighted by atomic mass is 16.2. The van der Waals surface area contributed by atoms with Crippen molar-refractivity contribution in [2.24, 2.45) is 5.41 Å². The molecule has 1 rings (SSSR count). The number of hydrogen-bond donors (Lipinski definition) is 1. The second-order valence-corrected chi connectivity index (χ2v) is 5.20. The summed E-state index contributed by atoms with van der Waals surface area (Å²) in [4.78, 5) is 14.7. The van der Waals surface area contributed by atoms with Crippen LogP contribution < -0.4 is 5.32 Å². The zero-order chi connectivity index (χ0) is 12.2. The van der Waals surface area contributed by atoms with Crippen LogP contribution in [-0.2, 0) is 4.79 Å². The van der Waals surface area contributed by atoms with Gasteiger partial charge in [-0.3, -0.25) is 4.79 Å². The number of amides is 1. The number of nitrogens with one attached hydrogen (secondary N) is 1. The molecule has 0 radical (unpaired) electrons. The van der Waals surface area contributed by atoms with E-state index in [0.29, 0.717) is 0 Å². The van der Waals surface area contributed by atoms with Gasteiger partial charge in [0.15, 0.2) is 0 Å². The minimum atomic E-state index is -0.101. The molecule has 94 valence electrons. The molecule has 0 atom stereocenters. The number of carbonyl (C=O) groups is 1. The van der Waals surface area contributed by atoms with Gasteiger partial charge in [0.05, 0.1) is 5.41 Å². The van der Waals surface area contributed by atoms with Crippen molar-refractivity contribution >= 4 is 5.91 Å². The molecule has 0 unspecified atom stereocenters. The number of piperidine rings is 1. The van der Waals surface area contributed by atoms with Crippen LogP contribution in [0.1, 0.15) is 47.0 Å². The summed E-state index contributed by atoms with van der Waals surface area (Å²) in [7, 11) is 0. The predicted molar refractivity (Wildman–Crippen MR) is 67.4 cm³/mol. The summed E-state index contributed by atoms with van der Waals surface area (Å²) in [6, 6.07) is 0.250. The lowest BCUT2D eigenvalue weighted by Gasteiger charge is -2.40. The van der Waals surface area contributed by atoms with Crippen molar-refractivity contribution < 1.29 is 4.79 Å². The van der Waals surface area contributed by atoms with E-state index in [0.717, 1.165) is 38.9 Å². The number of rotatable bonds is 4. The molecule has 0 spiro atoms. The maximum Gasteiger partial charge on any atom is 0.226 e. The summed E-state index contributed by atoms with van der Waals surface area (Å²) in [6.45, 7) is 11.6. The third-order valence-electron chi connectivity index (χ3n) is 3.84. The molecular weight excluding hydrogens is 200 g/mol. The molecule has 0 aromatic rings. The number of carbonyl (C=O) groups excluding carboxylic acids is 1. The molecule has 3 nitrogen and oxygen atoms in total. The van der Waals surface area contributed by atoms with E-state index >= 15 is 0 Å². The minimum absolute atomic E-state index is 0.101. The lowest BCUT2D eigenvalue weighted by Crippen LogP contribution is -2.49. The fraction of sp³-hybridized carbons (Fsp3) is 0.923. The van der Waals surface area contributed by atoms with Crippen LogP contribution in [0.2, 0.25) is 0 Å². The number of likely N-dealkylation sites (tertiary alicyclic amines) is 1. The van der Waals surface area contributed by atoms with Gasteiger partial charge in [-0.05, 0) is 52.7 Å². The Morgan fingerprint density at radius 1 is 1.31 bits per heavy atom. The van der Waals surface area contributed by atoms with Gasteiger partial charge in [0.25, 0.3) is 0 Å². The van der Waals surface area contributed by atoms with Crippen LogP contribution in [0.4, 0.5) is 0 Å². The Labute approximate surface area is 99.6 Å². The molecular formula is C13H26N2O. The van der Waals surface area contributed by atoms with Gasteiger partial charge >= 0.3 is 0 Å². The standard InChI is InChI=1S/C13H26N2O/c1-5-13(12(16)14-11(3)4)7-9-15(6-2)10-8-13/h11H,5-10H2,1-4H3,(H,14,16). The smallest absolute Gasteiger partial charge is 0.226 e. The van der Waals surface area contributed by atoms with E-state index in [4.69, 9.17) is 0 Å². The highest BCUT2D eigenvalue weighted by molar-refractivity contribution is 5.82. The topological polar surface area (TPSA) is 32.3 Å². The van der Waals surface area contributed by atoms with Crippen molar-refractivity contribution in [2.45, 2.75) is 53.0 Å².